The molecule has 7 heteroatoms. The van der Waals surface area contributed by atoms with Crippen molar-refractivity contribution in [1.82, 2.24) is 0 Å². The molecule has 1 heterocycles. The molecule has 0 saturated heterocycles. The lowest BCUT2D eigenvalue weighted by Gasteiger charge is -2.06. The maximum absolute atomic E-state index is 12.0. The van der Waals surface area contributed by atoms with Crippen molar-refractivity contribution in [2.45, 2.75) is 0 Å². The second-order valence-corrected chi connectivity index (χ2v) is 7.86. The van der Waals surface area contributed by atoms with Crippen molar-refractivity contribution in [3.05, 3.63) is 46.9 Å². The van der Waals surface area contributed by atoms with Crippen LogP contribution < -0.4 is 5.32 Å². The van der Waals surface area contributed by atoms with Crippen LogP contribution in [-0.2, 0) is 0 Å². The topological polar surface area (TPSA) is 29.1 Å². The molecule has 2 aromatic rings. The summed E-state index contributed by atoms with van der Waals surface area (Å²) >= 11 is 17.4. The van der Waals surface area contributed by atoms with Crippen LogP contribution in [0.4, 0.5) is 5.69 Å². The number of anilines is 1. The van der Waals surface area contributed by atoms with E-state index in [1.807, 2.05) is 6.07 Å². The molecule has 1 N–H and O–H groups in total. The molecule has 1 amide bonds. The summed E-state index contributed by atoms with van der Waals surface area (Å²) in [6, 6.07) is 7.06. The first-order valence-electron chi connectivity index (χ1n) is 4.68. The molecule has 0 unspecified atom stereocenters. The fourth-order valence-corrected chi connectivity index (χ4v) is 3.69. The number of rotatable bonds is 2. The van der Waals surface area contributed by atoms with Crippen molar-refractivity contribution >= 4 is 82.3 Å². The molecule has 2 rings (SSSR count). The molecular formula is C11H5Br3ClNOS. The molecule has 94 valence electrons. The molecule has 0 fully saturated rings. The highest BCUT2D eigenvalue weighted by atomic mass is 79.9. The molecule has 2 nitrogen and oxygen atoms in total. The van der Waals surface area contributed by atoms with E-state index in [4.69, 9.17) is 11.6 Å². The molecule has 0 aliphatic rings. The van der Waals surface area contributed by atoms with Crippen LogP contribution in [0.5, 0.6) is 0 Å². The summed E-state index contributed by atoms with van der Waals surface area (Å²) < 4.78 is 2.60. The second kappa shape index (κ2) is 6.05. The Morgan fingerprint density at radius 1 is 1.22 bits per heavy atom. The minimum Gasteiger partial charge on any atom is -0.320 e. The average Bonchev–Trinajstić information content (AvgIpc) is 2.64. The molecule has 0 spiro atoms. The molecule has 0 radical (unpaired) electrons. The highest BCUT2D eigenvalue weighted by molar-refractivity contribution is 9.13. The van der Waals surface area contributed by atoms with Gasteiger partial charge >= 0.3 is 0 Å². The Morgan fingerprint density at radius 2 is 1.94 bits per heavy atom. The van der Waals surface area contributed by atoms with Gasteiger partial charge in [0.15, 0.2) is 0 Å². The van der Waals surface area contributed by atoms with E-state index in [9.17, 15) is 4.79 Å². The number of amides is 1. The fourth-order valence-electron chi connectivity index (χ4n) is 1.24. The van der Waals surface area contributed by atoms with Gasteiger partial charge in [-0.15, -0.1) is 11.3 Å². The fraction of sp³-hybridized carbons (Fsp3) is 0. The van der Waals surface area contributed by atoms with Gasteiger partial charge in [0.25, 0.3) is 5.91 Å². The van der Waals surface area contributed by atoms with E-state index in [2.05, 4.69) is 53.1 Å². The SMILES string of the molecule is O=C(Nc1cc(Br)ccc1Cl)c1cc(Br)c(Br)s1. The van der Waals surface area contributed by atoms with Gasteiger partial charge in [0.1, 0.15) is 0 Å². The van der Waals surface area contributed by atoms with E-state index < -0.39 is 0 Å². The highest BCUT2D eigenvalue weighted by Crippen LogP contribution is 2.33. The third-order valence-electron chi connectivity index (χ3n) is 2.05. The summed E-state index contributed by atoms with van der Waals surface area (Å²) in [7, 11) is 0. The van der Waals surface area contributed by atoms with Crippen LogP contribution in [0.3, 0.4) is 0 Å². The first kappa shape index (κ1) is 14.5. The standard InChI is InChI=1S/C11H5Br3ClNOS/c12-5-1-2-7(15)8(3-5)16-11(17)9-4-6(13)10(14)18-9/h1-4H,(H,16,17). The van der Waals surface area contributed by atoms with Crippen molar-refractivity contribution in [2.24, 2.45) is 0 Å². The smallest absolute Gasteiger partial charge is 0.265 e. The zero-order valence-corrected chi connectivity index (χ0v) is 15.0. The second-order valence-electron chi connectivity index (χ2n) is 3.31. The average molecular weight is 474 g/mol. The van der Waals surface area contributed by atoms with Crippen molar-refractivity contribution in [1.29, 1.82) is 0 Å². The molecule has 0 aliphatic carbocycles. The van der Waals surface area contributed by atoms with E-state index in [0.717, 1.165) is 12.7 Å². The van der Waals surface area contributed by atoms with Gasteiger partial charge in [0, 0.05) is 8.95 Å². The van der Waals surface area contributed by atoms with Crippen molar-refractivity contribution in [3.63, 3.8) is 0 Å². The van der Waals surface area contributed by atoms with Crippen LogP contribution in [0, 0.1) is 0 Å². The van der Waals surface area contributed by atoms with Gasteiger partial charge in [-0.1, -0.05) is 27.5 Å². The predicted octanol–water partition coefficient (Wildman–Crippen LogP) is 5.94. The first-order chi connectivity index (χ1) is 8.47. The summed E-state index contributed by atoms with van der Waals surface area (Å²) in [4.78, 5) is 12.6. The lowest BCUT2D eigenvalue weighted by atomic mass is 10.3. The summed E-state index contributed by atoms with van der Waals surface area (Å²) in [5, 5.41) is 3.28. The summed E-state index contributed by atoms with van der Waals surface area (Å²) in [6.07, 6.45) is 0. The first-order valence-corrected chi connectivity index (χ1v) is 8.26. The van der Waals surface area contributed by atoms with Gasteiger partial charge in [-0.3, -0.25) is 4.79 Å². The van der Waals surface area contributed by atoms with Crippen LogP contribution in [0.15, 0.2) is 37.0 Å². The van der Waals surface area contributed by atoms with E-state index in [-0.39, 0.29) is 5.91 Å². The predicted molar refractivity (Wildman–Crippen MR) is 86.8 cm³/mol. The van der Waals surface area contributed by atoms with Gasteiger partial charge in [-0.2, -0.15) is 0 Å². The lowest BCUT2D eigenvalue weighted by Crippen LogP contribution is -2.10. The maximum Gasteiger partial charge on any atom is 0.265 e. The van der Waals surface area contributed by atoms with Crippen LogP contribution in [0.25, 0.3) is 0 Å². The Hall–Kier alpha value is 0.120. The minimum absolute atomic E-state index is 0.189. The number of hydrogen-bond acceptors (Lipinski definition) is 2. The highest BCUT2D eigenvalue weighted by Gasteiger charge is 2.13. The van der Waals surface area contributed by atoms with Crippen molar-refractivity contribution < 1.29 is 4.79 Å². The molecule has 1 aromatic heterocycles. The minimum atomic E-state index is -0.189. The van der Waals surface area contributed by atoms with E-state index >= 15 is 0 Å². The molecule has 18 heavy (non-hydrogen) atoms. The van der Waals surface area contributed by atoms with Gasteiger partial charge in [-0.25, -0.2) is 0 Å². The number of nitrogens with one attached hydrogen (secondary N) is 1. The van der Waals surface area contributed by atoms with Gasteiger partial charge in [0.2, 0.25) is 0 Å². The Labute approximate surface area is 138 Å². The van der Waals surface area contributed by atoms with Gasteiger partial charge in [0.05, 0.1) is 19.4 Å². The number of hydrogen-bond donors (Lipinski definition) is 1. The quantitative estimate of drug-likeness (QED) is 0.574. The Morgan fingerprint density at radius 3 is 2.56 bits per heavy atom. The molecule has 1 aromatic carbocycles. The third kappa shape index (κ3) is 3.36. The zero-order valence-electron chi connectivity index (χ0n) is 8.64. The number of halogens is 4. The molecule has 0 bridgehead atoms. The van der Waals surface area contributed by atoms with E-state index in [1.165, 1.54) is 11.3 Å². The van der Waals surface area contributed by atoms with Crippen molar-refractivity contribution in [2.75, 3.05) is 5.32 Å². The van der Waals surface area contributed by atoms with E-state index in [0.29, 0.717) is 15.6 Å². The summed E-state index contributed by atoms with van der Waals surface area (Å²) in [5.41, 5.74) is 0.580. The number of thiophene rings is 1. The lowest BCUT2D eigenvalue weighted by molar-refractivity contribution is 0.103. The Kier molecular flexibility index (Phi) is 4.88. The van der Waals surface area contributed by atoms with Crippen molar-refractivity contribution in [3.8, 4) is 0 Å². The zero-order chi connectivity index (χ0) is 13.3. The normalized spacial score (nSPS) is 10.4. The summed E-state index contributed by atoms with van der Waals surface area (Å²) in [5.74, 6) is -0.189. The Balaban J connectivity index is 2.23. The summed E-state index contributed by atoms with van der Waals surface area (Å²) in [6.45, 7) is 0. The van der Waals surface area contributed by atoms with Crippen LogP contribution in [0.1, 0.15) is 9.67 Å². The van der Waals surface area contributed by atoms with Crippen LogP contribution >= 0.6 is 70.7 Å². The van der Waals surface area contributed by atoms with Crippen LogP contribution in [0.2, 0.25) is 5.02 Å². The molecule has 0 atom stereocenters. The molecular weight excluding hydrogens is 469 g/mol. The van der Waals surface area contributed by atoms with Gasteiger partial charge < -0.3 is 5.32 Å². The monoisotopic (exact) mass is 471 g/mol. The van der Waals surface area contributed by atoms with Crippen LogP contribution in [-0.4, -0.2) is 5.91 Å². The largest absolute Gasteiger partial charge is 0.320 e. The Bertz CT molecular complexity index is 595. The van der Waals surface area contributed by atoms with E-state index in [1.54, 1.807) is 18.2 Å². The molecule has 0 saturated carbocycles. The number of carbonyl (C=O) groups is 1. The molecule has 0 aliphatic heterocycles. The number of carbonyl (C=O) groups excluding carboxylic acids is 1. The number of benzene rings is 1. The van der Waals surface area contributed by atoms with Gasteiger partial charge in [-0.05, 0) is 56.1 Å². The third-order valence-corrected chi connectivity index (χ3v) is 6.12. The maximum atomic E-state index is 12.0.